The summed E-state index contributed by atoms with van der Waals surface area (Å²) in [7, 11) is 4.22. The van der Waals surface area contributed by atoms with Gasteiger partial charge in [-0.1, -0.05) is 136 Å². The monoisotopic (exact) mass is 495 g/mol. The van der Waals surface area contributed by atoms with Crippen LogP contribution in [0.1, 0.15) is 168 Å². The summed E-state index contributed by atoms with van der Waals surface area (Å²) in [5.74, 6) is 0.429. The third-order valence-corrected chi connectivity index (χ3v) is 7.54. The summed E-state index contributed by atoms with van der Waals surface area (Å²) in [6, 6.07) is 0.471. The first kappa shape index (κ1) is 34.4. The Bertz CT molecular complexity index is 437. The van der Waals surface area contributed by atoms with Gasteiger partial charge < -0.3 is 9.80 Å². The fraction of sp³-hybridized carbons (Fsp3) is 0.969. The van der Waals surface area contributed by atoms with E-state index in [-0.39, 0.29) is 0 Å². The topological polar surface area (TPSA) is 23.6 Å². The summed E-state index contributed by atoms with van der Waals surface area (Å²) in [5, 5.41) is 0. The molecule has 0 aliphatic carbocycles. The van der Waals surface area contributed by atoms with Crippen molar-refractivity contribution < 1.29 is 4.79 Å². The number of carbonyl (C=O) groups is 1. The van der Waals surface area contributed by atoms with Crippen molar-refractivity contribution in [3.63, 3.8) is 0 Å². The van der Waals surface area contributed by atoms with Crippen LogP contribution in [0.15, 0.2) is 0 Å². The highest BCUT2D eigenvalue weighted by atomic mass is 16.2. The van der Waals surface area contributed by atoms with E-state index in [0.717, 1.165) is 25.9 Å². The largest absolute Gasteiger partial charge is 0.340 e. The third kappa shape index (κ3) is 22.4. The van der Waals surface area contributed by atoms with Crippen LogP contribution in [0, 0.1) is 0 Å². The molecular formula is C32H66N2O. The number of hydrogen-bond acceptors (Lipinski definition) is 2. The Morgan fingerprint density at radius 2 is 0.914 bits per heavy atom. The lowest BCUT2D eigenvalue weighted by molar-refractivity contribution is -0.134. The van der Waals surface area contributed by atoms with Crippen LogP contribution in [0.3, 0.4) is 0 Å². The molecule has 0 heterocycles. The fourth-order valence-corrected chi connectivity index (χ4v) is 5.22. The number of carbonyl (C=O) groups excluding carboxylic acids is 1. The maximum Gasteiger partial charge on any atom is 0.222 e. The normalized spacial score (nSPS) is 12.4. The van der Waals surface area contributed by atoms with E-state index in [2.05, 4.69) is 44.7 Å². The van der Waals surface area contributed by atoms with Gasteiger partial charge in [-0.3, -0.25) is 4.79 Å². The summed E-state index contributed by atoms with van der Waals surface area (Å²) < 4.78 is 0. The van der Waals surface area contributed by atoms with Gasteiger partial charge in [-0.25, -0.2) is 0 Å². The molecule has 0 radical (unpaired) electrons. The van der Waals surface area contributed by atoms with E-state index in [9.17, 15) is 4.79 Å². The molecule has 35 heavy (non-hydrogen) atoms. The predicted octanol–water partition coefficient (Wildman–Crippen LogP) is 9.78. The van der Waals surface area contributed by atoms with Crippen molar-refractivity contribution in [2.45, 2.75) is 174 Å². The molecule has 0 saturated carbocycles. The summed E-state index contributed by atoms with van der Waals surface area (Å²) in [4.78, 5) is 18.0. The van der Waals surface area contributed by atoms with E-state index < -0.39 is 0 Å². The molecule has 0 aromatic carbocycles. The highest BCUT2D eigenvalue weighted by Gasteiger charge is 2.22. The molecule has 0 N–H and O–H groups in total. The number of rotatable bonds is 27. The highest BCUT2D eigenvalue weighted by molar-refractivity contribution is 5.76. The number of unbranched alkanes of at least 4 members (excludes halogenated alkanes) is 16. The second-order valence-corrected chi connectivity index (χ2v) is 11.4. The van der Waals surface area contributed by atoms with Gasteiger partial charge in [-0.2, -0.15) is 0 Å². The second-order valence-electron chi connectivity index (χ2n) is 11.4. The smallest absolute Gasteiger partial charge is 0.222 e. The number of nitrogens with zero attached hydrogens (tertiary/aromatic N) is 2. The van der Waals surface area contributed by atoms with Gasteiger partial charge in [0.15, 0.2) is 0 Å². The average molecular weight is 495 g/mol. The zero-order valence-corrected chi connectivity index (χ0v) is 25.1. The van der Waals surface area contributed by atoms with Crippen LogP contribution in [-0.2, 0) is 4.79 Å². The molecule has 0 aromatic heterocycles. The summed E-state index contributed by atoms with van der Waals surface area (Å²) in [6.45, 7) is 8.87. The van der Waals surface area contributed by atoms with Crippen molar-refractivity contribution in [1.82, 2.24) is 9.80 Å². The number of amides is 1. The Morgan fingerprint density at radius 1 is 0.514 bits per heavy atom. The maximum absolute atomic E-state index is 13.4. The van der Waals surface area contributed by atoms with Crippen molar-refractivity contribution in [1.29, 1.82) is 0 Å². The summed E-state index contributed by atoms with van der Waals surface area (Å²) >= 11 is 0. The Balaban J connectivity index is 4.86. The van der Waals surface area contributed by atoms with Crippen molar-refractivity contribution in [2.24, 2.45) is 0 Å². The minimum atomic E-state index is 0.429. The standard InChI is InChI=1S/C32H66N2O/c1-6-9-12-15-17-18-20-23-27-31(26-22-19-14-11-8-3)34(30-24-21-16-13-10-7-2)32(35)28-25-29-33(4)5/h31H,6-30H2,1-5H3. The SMILES string of the molecule is CCCCCCCCCCC(CCCCCCC)N(CCCCCCCC)C(=O)CCCN(C)C. The molecule has 0 rings (SSSR count). The van der Waals surface area contributed by atoms with Crippen molar-refractivity contribution >= 4 is 5.91 Å². The molecule has 0 aliphatic rings. The van der Waals surface area contributed by atoms with Gasteiger partial charge in [0.25, 0.3) is 0 Å². The quantitative estimate of drug-likeness (QED) is 0.106. The van der Waals surface area contributed by atoms with E-state index in [0.29, 0.717) is 11.9 Å². The van der Waals surface area contributed by atoms with Gasteiger partial charge in [0, 0.05) is 19.0 Å². The Labute approximate surface area is 222 Å². The van der Waals surface area contributed by atoms with Gasteiger partial charge in [-0.15, -0.1) is 0 Å². The van der Waals surface area contributed by atoms with E-state index in [1.54, 1.807) is 0 Å². The minimum Gasteiger partial charge on any atom is -0.340 e. The molecule has 0 spiro atoms. The molecule has 1 amide bonds. The minimum absolute atomic E-state index is 0.429. The molecular weight excluding hydrogens is 428 g/mol. The lowest BCUT2D eigenvalue weighted by atomic mass is 9.97. The van der Waals surface area contributed by atoms with Crippen molar-refractivity contribution in [2.75, 3.05) is 27.2 Å². The molecule has 0 aliphatic heterocycles. The molecule has 1 unspecified atom stereocenters. The first-order valence-electron chi connectivity index (χ1n) is 16.0. The lowest BCUT2D eigenvalue weighted by Gasteiger charge is -2.33. The molecule has 0 aromatic rings. The molecule has 0 fully saturated rings. The van der Waals surface area contributed by atoms with Gasteiger partial charge >= 0.3 is 0 Å². The van der Waals surface area contributed by atoms with Crippen molar-refractivity contribution in [3.05, 3.63) is 0 Å². The predicted molar refractivity (Wildman–Crippen MR) is 157 cm³/mol. The zero-order chi connectivity index (χ0) is 26.0. The van der Waals surface area contributed by atoms with Crippen LogP contribution >= 0.6 is 0 Å². The van der Waals surface area contributed by atoms with Gasteiger partial charge in [0.1, 0.15) is 0 Å². The molecule has 0 saturated heterocycles. The summed E-state index contributed by atoms with van der Waals surface area (Å²) in [5.41, 5.74) is 0. The highest BCUT2D eigenvalue weighted by Crippen LogP contribution is 2.21. The Kier molecular flexibility index (Phi) is 26.1. The maximum atomic E-state index is 13.4. The average Bonchev–Trinajstić information content (AvgIpc) is 2.83. The number of hydrogen-bond donors (Lipinski definition) is 0. The molecule has 210 valence electrons. The van der Waals surface area contributed by atoms with Crippen LogP contribution < -0.4 is 0 Å². The van der Waals surface area contributed by atoms with Gasteiger partial charge in [0.2, 0.25) is 5.91 Å². The second kappa shape index (κ2) is 26.5. The Morgan fingerprint density at radius 3 is 1.34 bits per heavy atom. The van der Waals surface area contributed by atoms with Gasteiger partial charge in [0.05, 0.1) is 0 Å². The first-order chi connectivity index (χ1) is 17.1. The molecule has 0 bridgehead atoms. The van der Waals surface area contributed by atoms with E-state index in [1.165, 1.54) is 135 Å². The van der Waals surface area contributed by atoms with Gasteiger partial charge in [-0.05, 0) is 46.3 Å². The van der Waals surface area contributed by atoms with E-state index in [4.69, 9.17) is 0 Å². The molecule has 1 atom stereocenters. The summed E-state index contributed by atoms with van der Waals surface area (Å²) in [6.07, 6.45) is 29.5. The van der Waals surface area contributed by atoms with Crippen LogP contribution in [0.25, 0.3) is 0 Å². The van der Waals surface area contributed by atoms with E-state index in [1.807, 2.05) is 0 Å². The van der Waals surface area contributed by atoms with Crippen LogP contribution in [0.5, 0.6) is 0 Å². The van der Waals surface area contributed by atoms with Crippen molar-refractivity contribution in [3.8, 4) is 0 Å². The lowest BCUT2D eigenvalue weighted by Crippen LogP contribution is -2.41. The first-order valence-corrected chi connectivity index (χ1v) is 16.0. The zero-order valence-electron chi connectivity index (χ0n) is 25.1. The fourth-order valence-electron chi connectivity index (χ4n) is 5.22. The molecule has 3 nitrogen and oxygen atoms in total. The van der Waals surface area contributed by atoms with Crippen LogP contribution in [0.4, 0.5) is 0 Å². The third-order valence-electron chi connectivity index (χ3n) is 7.54. The Hall–Kier alpha value is -0.570. The van der Waals surface area contributed by atoms with Crippen LogP contribution in [0.2, 0.25) is 0 Å². The molecule has 3 heteroatoms. The van der Waals surface area contributed by atoms with E-state index >= 15 is 0 Å². The van der Waals surface area contributed by atoms with Crippen LogP contribution in [-0.4, -0.2) is 48.9 Å².